The van der Waals surface area contributed by atoms with E-state index in [0.29, 0.717) is 40.7 Å². The summed E-state index contributed by atoms with van der Waals surface area (Å²) < 4.78 is 12.5. The highest BCUT2D eigenvalue weighted by atomic mass is 16.3. The lowest BCUT2D eigenvalue weighted by molar-refractivity contribution is 0.655. The standard InChI is InChI=1S/2C47H29N5O/c1-3-11-30(12-4-1)31-21-23-33(24-22-31)46-50-45(32-13-5-2-6-14-32)51-47(52-46)37-18-10-16-35(26-37)34-15-9-17-36(25-34)42-27-39-40-28-48-41-20-8-7-19-38(41)44(40)53-43(39)29-49-42;1-3-11-30(12-4-1)31-21-23-33(24-22-31)45-50-44(32-13-5-2-6-14-32)51-46(52-45)38-18-10-17-36(28-38)34-15-9-16-35(27-34)37-25-26-39-42(29-37)53-47-43(39)48-40-19-7-8-20-41(40)49-47/h2*1-29H. The van der Waals surface area contributed by atoms with Crippen LogP contribution in [-0.2, 0) is 0 Å². The van der Waals surface area contributed by atoms with Gasteiger partial charge in [-0.3, -0.25) is 9.97 Å². The fourth-order valence-corrected chi connectivity index (χ4v) is 13.7. The zero-order valence-corrected chi connectivity index (χ0v) is 56.8. The van der Waals surface area contributed by atoms with Crippen LogP contribution < -0.4 is 0 Å². The number of nitrogens with zero attached hydrogens (tertiary/aromatic N) is 10. The van der Waals surface area contributed by atoms with Crippen molar-refractivity contribution in [1.82, 2.24) is 49.8 Å². The molecule has 0 aliphatic rings. The van der Waals surface area contributed by atoms with E-state index in [0.717, 1.165) is 150 Å². The van der Waals surface area contributed by atoms with Crippen LogP contribution in [0.3, 0.4) is 0 Å². The maximum Gasteiger partial charge on any atom is 0.246 e. The molecule has 0 bridgehead atoms. The van der Waals surface area contributed by atoms with E-state index in [-0.39, 0.29) is 0 Å². The predicted octanol–water partition coefficient (Wildman–Crippen LogP) is 23.4. The molecule has 0 saturated carbocycles. The first-order valence-electron chi connectivity index (χ1n) is 35.0. The van der Waals surface area contributed by atoms with Gasteiger partial charge in [0.2, 0.25) is 5.71 Å². The molecule has 0 saturated heterocycles. The zero-order valence-electron chi connectivity index (χ0n) is 56.8. The van der Waals surface area contributed by atoms with Crippen molar-refractivity contribution in [2.75, 3.05) is 0 Å². The molecule has 106 heavy (non-hydrogen) atoms. The van der Waals surface area contributed by atoms with E-state index in [4.69, 9.17) is 53.7 Å². The maximum atomic E-state index is 6.28. The molecule has 496 valence electrons. The summed E-state index contributed by atoms with van der Waals surface area (Å²) in [7, 11) is 0. The van der Waals surface area contributed by atoms with Gasteiger partial charge in [-0.2, -0.15) is 0 Å². The second-order valence-electron chi connectivity index (χ2n) is 25.9. The van der Waals surface area contributed by atoms with E-state index in [9.17, 15) is 0 Å². The van der Waals surface area contributed by atoms with E-state index < -0.39 is 0 Å². The molecule has 20 rings (SSSR count). The van der Waals surface area contributed by atoms with Crippen molar-refractivity contribution in [2.24, 2.45) is 0 Å². The Labute approximate surface area is 608 Å². The van der Waals surface area contributed by atoms with Gasteiger partial charge in [0.1, 0.15) is 16.7 Å². The predicted molar refractivity (Wildman–Crippen MR) is 426 cm³/mol. The zero-order chi connectivity index (χ0) is 70.3. The third kappa shape index (κ3) is 12.3. The molecule has 0 aliphatic carbocycles. The van der Waals surface area contributed by atoms with Gasteiger partial charge in [0, 0.05) is 66.7 Å². The average Bonchev–Trinajstić information content (AvgIpc) is 1.60. The second kappa shape index (κ2) is 27.0. The number of benzene rings is 13. The molecule has 0 radical (unpaired) electrons. The summed E-state index contributed by atoms with van der Waals surface area (Å²) in [6, 6.07) is 116. The lowest BCUT2D eigenvalue weighted by atomic mass is 9.97. The minimum atomic E-state index is 0.544. The molecule has 13 aromatic carbocycles. The number of para-hydroxylation sites is 3. The lowest BCUT2D eigenvalue weighted by Crippen LogP contribution is -2.00. The molecule has 0 fully saturated rings. The van der Waals surface area contributed by atoms with Crippen LogP contribution in [0.2, 0.25) is 0 Å². The summed E-state index contributed by atoms with van der Waals surface area (Å²) in [5, 5.41) is 3.91. The van der Waals surface area contributed by atoms with E-state index in [1.807, 2.05) is 134 Å². The lowest BCUT2D eigenvalue weighted by Gasteiger charge is -2.11. The highest BCUT2D eigenvalue weighted by Gasteiger charge is 2.20. The van der Waals surface area contributed by atoms with Crippen molar-refractivity contribution in [2.45, 2.75) is 0 Å². The molecule has 20 aromatic rings. The Bertz CT molecular complexity index is 6690. The molecule has 12 heteroatoms. The van der Waals surface area contributed by atoms with Gasteiger partial charge in [0.15, 0.2) is 40.5 Å². The molecule has 0 N–H and O–H groups in total. The third-order valence-corrected chi connectivity index (χ3v) is 19.2. The number of fused-ring (bicyclic) bond motifs is 9. The number of furan rings is 2. The van der Waals surface area contributed by atoms with Crippen molar-refractivity contribution in [3.05, 3.63) is 352 Å². The van der Waals surface area contributed by atoms with Crippen LogP contribution >= 0.6 is 0 Å². The fourth-order valence-electron chi connectivity index (χ4n) is 13.7. The van der Waals surface area contributed by atoms with E-state index in [1.165, 1.54) is 11.1 Å². The Kier molecular flexibility index (Phi) is 15.9. The molecular formula is C94H58N10O2. The quantitative estimate of drug-likeness (QED) is 0.114. The Hall–Kier alpha value is -14.6. The van der Waals surface area contributed by atoms with E-state index in [2.05, 4.69) is 223 Å². The summed E-state index contributed by atoms with van der Waals surface area (Å²) in [4.78, 5) is 49.0. The van der Waals surface area contributed by atoms with Gasteiger partial charge in [0.25, 0.3) is 0 Å². The largest absolute Gasteiger partial charge is 0.454 e. The monoisotopic (exact) mass is 1360 g/mol. The first kappa shape index (κ1) is 62.4. The summed E-state index contributed by atoms with van der Waals surface area (Å²) in [5.74, 6) is 3.73. The Morgan fingerprint density at radius 2 is 0.547 bits per heavy atom. The third-order valence-electron chi connectivity index (χ3n) is 19.2. The number of hydrogen-bond acceptors (Lipinski definition) is 12. The minimum Gasteiger partial charge on any atom is -0.454 e. The number of hydrogen-bond donors (Lipinski definition) is 0. The summed E-state index contributed by atoms with van der Waals surface area (Å²) in [5.41, 5.74) is 24.6. The molecule has 0 atom stereocenters. The van der Waals surface area contributed by atoms with E-state index in [1.54, 1.807) is 0 Å². The summed E-state index contributed by atoms with van der Waals surface area (Å²) in [6.45, 7) is 0. The fraction of sp³-hybridized carbons (Fsp3) is 0. The number of rotatable bonds is 12. The molecule has 0 unspecified atom stereocenters. The summed E-state index contributed by atoms with van der Waals surface area (Å²) >= 11 is 0. The SMILES string of the molecule is c1ccc(-c2ccc(-c3nc(-c4ccccc4)nc(-c4cccc(-c5cccc(-c6cc7c(cn6)oc6c8ccccc8ncc76)c5)c4)n3)cc2)cc1.c1ccc(-c2ccc(-c3nc(-c4ccccc4)nc(-c4cccc(-c5cccc(-c6ccc7c(c6)oc6nc8ccccc8nc67)c5)c4)n3)cc2)cc1. The highest BCUT2D eigenvalue weighted by molar-refractivity contribution is 6.14. The van der Waals surface area contributed by atoms with Crippen LogP contribution in [0.4, 0.5) is 0 Å². The Balaban J connectivity index is 0.000000145. The van der Waals surface area contributed by atoms with E-state index >= 15 is 0 Å². The van der Waals surface area contributed by atoms with Crippen LogP contribution in [0.25, 0.3) is 201 Å². The molecule has 0 amide bonds. The van der Waals surface area contributed by atoms with Gasteiger partial charge in [-0.25, -0.2) is 39.9 Å². The van der Waals surface area contributed by atoms with Gasteiger partial charge >= 0.3 is 0 Å². The molecule has 7 aromatic heterocycles. The Morgan fingerprint density at radius 1 is 0.189 bits per heavy atom. The number of aromatic nitrogens is 10. The van der Waals surface area contributed by atoms with Crippen molar-refractivity contribution in [3.63, 3.8) is 0 Å². The van der Waals surface area contributed by atoms with Crippen LogP contribution in [0.5, 0.6) is 0 Å². The van der Waals surface area contributed by atoms with Crippen LogP contribution in [0, 0.1) is 0 Å². The second-order valence-corrected chi connectivity index (χ2v) is 25.9. The van der Waals surface area contributed by atoms with Crippen LogP contribution in [-0.4, -0.2) is 49.8 Å². The topological polar surface area (TPSA) is 155 Å². The molecule has 12 nitrogen and oxygen atoms in total. The van der Waals surface area contributed by atoms with Crippen molar-refractivity contribution >= 4 is 66.1 Å². The highest BCUT2D eigenvalue weighted by Crippen LogP contribution is 2.39. The van der Waals surface area contributed by atoms with Crippen molar-refractivity contribution in [1.29, 1.82) is 0 Å². The molecule has 7 heterocycles. The Morgan fingerprint density at radius 3 is 1.06 bits per heavy atom. The summed E-state index contributed by atoms with van der Waals surface area (Å²) in [6.07, 6.45) is 3.70. The van der Waals surface area contributed by atoms with Gasteiger partial charge < -0.3 is 8.83 Å². The van der Waals surface area contributed by atoms with Crippen LogP contribution in [0.15, 0.2) is 361 Å². The maximum absolute atomic E-state index is 6.28. The molecular weight excluding hydrogens is 1300 g/mol. The van der Waals surface area contributed by atoms with Crippen LogP contribution in [0.1, 0.15) is 0 Å². The molecule has 0 spiro atoms. The first-order valence-corrected chi connectivity index (χ1v) is 35.0. The van der Waals surface area contributed by atoms with Crippen molar-refractivity contribution in [3.8, 4) is 135 Å². The van der Waals surface area contributed by atoms with Crippen molar-refractivity contribution < 1.29 is 8.83 Å². The first-order chi connectivity index (χ1) is 52.4. The van der Waals surface area contributed by atoms with Gasteiger partial charge in [-0.05, 0) is 122 Å². The van der Waals surface area contributed by atoms with Gasteiger partial charge in [-0.15, -0.1) is 0 Å². The minimum absolute atomic E-state index is 0.544. The smallest absolute Gasteiger partial charge is 0.246 e. The average molecular weight is 1360 g/mol. The number of pyridine rings is 2. The normalized spacial score (nSPS) is 11.4. The van der Waals surface area contributed by atoms with Gasteiger partial charge in [-0.1, -0.05) is 273 Å². The molecule has 0 aliphatic heterocycles. The van der Waals surface area contributed by atoms with Gasteiger partial charge in [0.05, 0.1) is 28.4 Å².